The second kappa shape index (κ2) is 3.10. The maximum absolute atomic E-state index is 5.48. The molecule has 3 rings (SSSR count). The van der Waals surface area contributed by atoms with Crippen LogP contribution in [-0.4, -0.2) is 11.5 Å². The molecule has 1 aliphatic heterocycles. The van der Waals surface area contributed by atoms with Crippen molar-refractivity contribution < 1.29 is 4.42 Å². The second-order valence-corrected chi connectivity index (χ2v) is 3.71. The van der Waals surface area contributed by atoms with Gasteiger partial charge in [0.1, 0.15) is 5.58 Å². The Morgan fingerprint density at radius 3 is 3.36 bits per heavy atom. The van der Waals surface area contributed by atoms with Gasteiger partial charge in [0.15, 0.2) is 0 Å². The maximum Gasteiger partial charge on any atom is 0.137 e. The monoisotopic (exact) mass is 188 g/mol. The molecular formula is C11H12N2O. The van der Waals surface area contributed by atoms with Crippen molar-refractivity contribution in [1.82, 2.24) is 10.3 Å². The zero-order valence-corrected chi connectivity index (χ0v) is 7.86. The summed E-state index contributed by atoms with van der Waals surface area (Å²) in [6, 6.07) is 2.37. The van der Waals surface area contributed by atoms with Gasteiger partial charge in [-0.25, -0.2) is 0 Å². The molecule has 1 N–H and O–H groups in total. The van der Waals surface area contributed by atoms with Gasteiger partial charge in [-0.1, -0.05) is 0 Å². The molecule has 72 valence electrons. The normalized spacial score (nSPS) is 21.9. The van der Waals surface area contributed by atoms with Crippen molar-refractivity contribution in [1.29, 1.82) is 0 Å². The molecule has 2 aromatic heterocycles. The molecule has 1 atom stereocenters. The number of hydrogen-bond acceptors (Lipinski definition) is 3. The molecule has 1 aliphatic rings. The summed E-state index contributed by atoms with van der Waals surface area (Å²) in [4.78, 5) is 4.13. The highest BCUT2D eigenvalue weighted by Crippen LogP contribution is 2.30. The smallest absolute Gasteiger partial charge is 0.137 e. The van der Waals surface area contributed by atoms with E-state index in [1.54, 1.807) is 6.20 Å². The third-order valence-electron chi connectivity index (χ3n) is 2.84. The predicted octanol–water partition coefficient (Wildman–Crippen LogP) is 2.25. The van der Waals surface area contributed by atoms with Crippen molar-refractivity contribution in [2.75, 3.05) is 6.54 Å². The zero-order chi connectivity index (χ0) is 9.38. The number of pyridine rings is 1. The molecule has 3 heterocycles. The molecule has 0 amide bonds. The van der Waals surface area contributed by atoms with Crippen molar-refractivity contribution in [3.63, 3.8) is 0 Å². The van der Waals surface area contributed by atoms with Crippen LogP contribution in [0.3, 0.4) is 0 Å². The maximum atomic E-state index is 5.48. The predicted molar refractivity (Wildman–Crippen MR) is 54.0 cm³/mol. The molecule has 0 bridgehead atoms. The van der Waals surface area contributed by atoms with E-state index < -0.39 is 0 Å². The van der Waals surface area contributed by atoms with Crippen molar-refractivity contribution in [3.8, 4) is 0 Å². The fourth-order valence-corrected chi connectivity index (χ4v) is 2.11. The van der Waals surface area contributed by atoms with Crippen molar-refractivity contribution in [3.05, 3.63) is 30.3 Å². The molecule has 0 saturated carbocycles. The van der Waals surface area contributed by atoms with Crippen molar-refractivity contribution in [2.24, 2.45) is 0 Å². The third kappa shape index (κ3) is 1.13. The summed E-state index contributed by atoms with van der Waals surface area (Å²) in [5.74, 6) is 0. The first-order chi connectivity index (χ1) is 6.95. The van der Waals surface area contributed by atoms with Gasteiger partial charge in [-0.2, -0.15) is 0 Å². The molecule has 1 unspecified atom stereocenters. The molecule has 3 nitrogen and oxygen atoms in total. The molecule has 0 aliphatic carbocycles. The van der Waals surface area contributed by atoms with Crippen molar-refractivity contribution >= 4 is 11.0 Å². The Kier molecular flexibility index (Phi) is 1.77. The van der Waals surface area contributed by atoms with E-state index in [2.05, 4.69) is 10.3 Å². The van der Waals surface area contributed by atoms with Crippen LogP contribution in [0.15, 0.2) is 29.1 Å². The van der Waals surface area contributed by atoms with Crippen molar-refractivity contribution in [2.45, 2.75) is 18.9 Å². The number of furan rings is 1. The van der Waals surface area contributed by atoms with Gasteiger partial charge >= 0.3 is 0 Å². The second-order valence-electron chi connectivity index (χ2n) is 3.71. The van der Waals surface area contributed by atoms with E-state index >= 15 is 0 Å². The van der Waals surface area contributed by atoms with E-state index in [9.17, 15) is 0 Å². The van der Waals surface area contributed by atoms with E-state index in [0.29, 0.717) is 6.04 Å². The van der Waals surface area contributed by atoms with Gasteiger partial charge in [-0.3, -0.25) is 4.98 Å². The topological polar surface area (TPSA) is 38.1 Å². The summed E-state index contributed by atoms with van der Waals surface area (Å²) in [7, 11) is 0. The first-order valence-electron chi connectivity index (χ1n) is 4.99. The summed E-state index contributed by atoms with van der Waals surface area (Å²) >= 11 is 0. The Labute approximate surface area is 82.1 Å². The average Bonchev–Trinajstić information content (AvgIpc) is 2.85. The van der Waals surface area contributed by atoms with E-state index in [0.717, 1.165) is 17.5 Å². The summed E-state index contributed by atoms with van der Waals surface area (Å²) in [6.45, 7) is 1.11. The lowest BCUT2D eigenvalue weighted by Crippen LogP contribution is -2.12. The first-order valence-corrected chi connectivity index (χ1v) is 4.99. The van der Waals surface area contributed by atoms with Crippen LogP contribution in [0.5, 0.6) is 0 Å². The molecule has 3 heteroatoms. The van der Waals surface area contributed by atoms with Crippen LogP contribution in [0.25, 0.3) is 11.0 Å². The minimum absolute atomic E-state index is 0.459. The minimum Gasteiger partial charge on any atom is -0.464 e. The molecule has 0 spiro atoms. The Morgan fingerprint density at radius 1 is 1.50 bits per heavy atom. The van der Waals surface area contributed by atoms with Crippen LogP contribution in [0.1, 0.15) is 24.4 Å². The number of fused-ring (bicyclic) bond motifs is 1. The number of hydrogen-bond donors (Lipinski definition) is 1. The summed E-state index contributed by atoms with van der Waals surface area (Å²) in [5, 5.41) is 4.61. The van der Waals surface area contributed by atoms with Crippen LogP contribution in [0.2, 0.25) is 0 Å². The average molecular weight is 188 g/mol. The molecule has 14 heavy (non-hydrogen) atoms. The van der Waals surface area contributed by atoms with E-state index in [1.807, 2.05) is 18.5 Å². The van der Waals surface area contributed by atoms with Crippen LogP contribution in [0.4, 0.5) is 0 Å². The number of aromatic nitrogens is 1. The molecule has 0 radical (unpaired) electrons. The lowest BCUT2D eigenvalue weighted by molar-refractivity contribution is 0.586. The zero-order valence-electron chi connectivity index (χ0n) is 7.86. The van der Waals surface area contributed by atoms with E-state index in [1.165, 1.54) is 18.4 Å². The molecular weight excluding hydrogens is 176 g/mol. The number of rotatable bonds is 1. The number of nitrogens with one attached hydrogen (secondary N) is 1. The quantitative estimate of drug-likeness (QED) is 0.745. The lowest BCUT2D eigenvalue weighted by atomic mass is 10.1. The van der Waals surface area contributed by atoms with Gasteiger partial charge in [0.05, 0.1) is 6.26 Å². The standard InChI is InChI=1S/C11H12N2O/c1-2-10(13-4-1)9-7-14-11-3-5-12-6-8(9)11/h3,5-7,10,13H,1-2,4H2. The Morgan fingerprint density at radius 2 is 2.50 bits per heavy atom. The molecule has 0 aromatic carbocycles. The Balaban J connectivity index is 2.11. The first kappa shape index (κ1) is 8.00. The van der Waals surface area contributed by atoms with Gasteiger partial charge < -0.3 is 9.73 Å². The minimum atomic E-state index is 0.459. The highest BCUT2D eigenvalue weighted by molar-refractivity contribution is 5.80. The summed E-state index contributed by atoms with van der Waals surface area (Å²) in [6.07, 6.45) is 7.95. The van der Waals surface area contributed by atoms with Crippen LogP contribution < -0.4 is 5.32 Å². The SMILES string of the molecule is c1cc2occ(C3CCCN3)c2cn1. The molecule has 1 fully saturated rings. The summed E-state index contributed by atoms with van der Waals surface area (Å²) < 4.78 is 5.48. The third-order valence-corrected chi connectivity index (χ3v) is 2.84. The largest absolute Gasteiger partial charge is 0.464 e. The fraction of sp³-hybridized carbons (Fsp3) is 0.364. The van der Waals surface area contributed by atoms with Gasteiger partial charge in [0.2, 0.25) is 0 Å². The van der Waals surface area contributed by atoms with Crippen LogP contribution in [0, 0.1) is 0 Å². The van der Waals surface area contributed by atoms with E-state index in [4.69, 9.17) is 4.42 Å². The highest BCUT2D eigenvalue weighted by atomic mass is 16.3. The van der Waals surface area contributed by atoms with Crippen LogP contribution in [-0.2, 0) is 0 Å². The fourth-order valence-electron chi connectivity index (χ4n) is 2.11. The Bertz CT molecular complexity index is 443. The number of nitrogens with zero attached hydrogens (tertiary/aromatic N) is 1. The Hall–Kier alpha value is -1.35. The van der Waals surface area contributed by atoms with Gasteiger partial charge in [-0.05, 0) is 25.5 Å². The van der Waals surface area contributed by atoms with E-state index in [-0.39, 0.29) is 0 Å². The molecule has 1 saturated heterocycles. The lowest BCUT2D eigenvalue weighted by Gasteiger charge is -2.06. The van der Waals surface area contributed by atoms with Gasteiger partial charge in [0, 0.05) is 29.4 Å². The van der Waals surface area contributed by atoms with Crippen LogP contribution >= 0.6 is 0 Å². The highest BCUT2D eigenvalue weighted by Gasteiger charge is 2.20. The molecule has 2 aromatic rings. The summed E-state index contributed by atoms with van der Waals surface area (Å²) in [5.41, 5.74) is 2.19. The van der Waals surface area contributed by atoms with Gasteiger partial charge in [-0.15, -0.1) is 0 Å². The van der Waals surface area contributed by atoms with Gasteiger partial charge in [0.25, 0.3) is 0 Å².